The van der Waals surface area contributed by atoms with E-state index in [0.717, 1.165) is 26.2 Å². The number of morpholine rings is 1. The highest BCUT2D eigenvalue weighted by Gasteiger charge is 2.33. The molecule has 0 aromatic rings. The van der Waals surface area contributed by atoms with Crippen LogP contribution in [0.15, 0.2) is 4.99 Å². The lowest BCUT2D eigenvalue weighted by molar-refractivity contribution is -0.0370. The highest BCUT2D eigenvalue weighted by Crippen LogP contribution is 2.25. The van der Waals surface area contributed by atoms with Gasteiger partial charge in [0.05, 0.1) is 18.8 Å². The highest BCUT2D eigenvalue weighted by molar-refractivity contribution is 5.78. The van der Waals surface area contributed by atoms with Crippen molar-refractivity contribution in [2.75, 3.05) is 26.2 Å². The molecule has 20 heavy (non-hydrogen) atoms. The van der Waals surface area contributed by atoms with E-state index in [1.54, 1.807) is 0 Å². The Balaban J connectivity index is 1.36. The van der Waals surface area contributed by atoms with Crippen LogP contribution in [0.3, 0.4) is 0 Å². The summed E-state index contributed by atoms with van der Waals surface area (Å²) in [6.07, 6.45) is 9.89. The highest BCUT2D eigenvalue weighted by atomic mass is 16.5. The van der Waals surface area contributed by atoms with E-state index < -0.39 is 0 Å². The molecular formula is C15H28N4O. The fourth-order valence-electron chi connectivity index (χ4n) is 3.70. The number of guanidine groups is 1. The molecule has 114 valence electrons. The maximum absolute atomic E-state index is 5.98. The van der Waals surface area contributed by atoms with Crippen molar-refractivity contribution in [2.45, 2.75) is 63.2 Å². The molecule has 3 aliphatic rings. The molecule has 2 unspecified atom stereocenters. The summed E-state index contributed by atoms with van der Waals surface area (Å²) in [5.74, 6) is 0.633. The Labute approximate surface area is 121 Å². The van der Waals surface area contributed by atoms with Gasteiger partial charge >= 0.3 is 0 Å². The maximum Gasteiger partial charge on any atom is 0.188 e. The Hall–Kier alpha value is -0.810. The summed E-state index contributed by atoms with van der Waals surface area (Å²) in [5.41, 5.74) is 5.98. The van der Waals surface area contributed by atoms with Gasteiger partial charge in [0.1, 0.15) is 0 Å². The average molecular weight is 280 g/mol. The maximum atomic E-state index is 5.98. The molecule has 5 nitrogen and oxygen atoms in total. The zero-order chi connectivity index (χ0) is 13.8. The van der Waals surface area contributed by atoms with Crippen LogP contribution < -0.4 is 11.1 Å². The Morgan fingerprint density at radius 3 is 2.50 bits per heavy atom. The van der Waals surface area contributed by atoms with E-state index in [4.69, 9.17) is 10.5 Å². The fourth-order valence-corrected chi connectivity index (χ4v) is 3.70. The molecule has 3 N–H and O–H groups in total. The molecule has 0 radical (unpaired) electrons. The molecule has 0 spiro atoms. The van der Waals surface area contributed by atoms with Gasteiger partial charge in [-0.1, -0.05) is 19.3 Å². The van der Waals surface area contributed by atoms with Crippen molar-refractivity contribution < 1.29 is 4.74 Å². The minimum Gasteiger partial charge on any atom is -0.372 e. The predicted molar refractivity (Wildman–Crippen MR) is 80.8 cm³/mol. The Morgan fingerprint density at radius 2 is 1.80 bits per heavy atom. The summed E-state index contributed by atoms with van der Waals surface area (Å²) < 4.78 is 5.84. The molecule has 1 aliphatic carbocycles. The molecular weight excluding hydrogens is 252 g/mol. The number of nitrogens with zero attached hydrogens (tertiary/aromatic N) is 2. The number of ether oxygens (including phenoxy) is 1. The van der Waals surface area contributed by atoms with Crippen molar-refractivity contribution in [1.82, 2.24) is 10.2 Å². The third-order valence-corrected chi connectivity index (χ3v) is 4.77. The van der Waals surface area contributed by atoms with Crippen molar-refractivity contribution >= 4 is 5.96 Å². The molecule has 3 fully saturated rings. The smallest absolute Gasteiger partial charge is 0.188 e. The number of rotatable bonds is 4. The lowest BCUT2D eigenvalue weighted by atomic mass is 9.96. The van der Waals surface area contributed by atoms with Gasteiger partial charge in [-0.25, -0.2) is 0 Å². The average Bonchev–Trinajstić information content (AvgIpc) is 2.79. The molecule has 3 rings (SSSR count). The molecule has 1 saturated carbocycles. The van der Waals surface area contributed by atoms with Gasteiger partial charge in [-0.05, 0) is 25.7 Å². The topological polar surface area (TPSA) is 62.9 Å². The van der Waals surface area contributed by atoms with Crippen molar-refractivity contribution in [3.8, 4) is 0 Å². The van der Waals surface area contributed by atoms with Crippen LogP contribution in [0.5, 0.6) is 0 Å². The first-order valence-electron chi connectivity index (χ1n) is 8.24. The largest absolute Gasteiger partial charge is 0.372 e. The van der Waals surface area contributed by atoms with E-state index in [1.807, 2.05) is 0 Å². The monoisotopic (exact) mass is 280 g/mol. The lowest BCUT2D eigenvalue weighted by Gasteiger charge is -2.31. The number of nitrogens with one attached hydrogen (secondary N) is 1. The second-order valence-electron chi connectivity index (χ2n) is 6.46. The molecule has 5 heteroatoms. The number of aliphatic imine (C=N–C) groups is 1. The van der Waals surface area contributed by atoms with Crippen LogP contribution in [0.1, 0.15) is 44.9 Å². The Bertz CT molecular complexity index is 329. The molecule has 2 heterocycles. The standard InChI is InChI=1S/C15H28N4O/c16-15(18-12-4-2-1-3-5-12)17-8-9-19-10-13-6-7-14(11-19)20-13/h12-14H,1-11H2,(H3,16,17,18). The summed E-state index contributed by atoms with van der Waals surface area (Å²) >= 11 is 0. The van der Waals surface area contributed by atoms with Gasteiger partial charge in [-0.3, -0.25) is 9.89 Å². The molecule has 0 amide bonds. The predicted octanol–water partition coefficient (Wildman–Crippen LogP) is 1.09. The van der Waals surface area contributed by atoms with Crippen LogP contribution in [-0.2, 0) is 4.74 Å². The number of likely N-dealkylation sites (tertiary alicyclic amines) is 1. The van der Waals surface area contributed by atoms with Crippen LogP contribution >= 0.6 is 0 Å². The Morgan fingerprint density at radius 1 is 1.10 bits per heavy atom. The van der Waals surface area contributed by atoms with E-state index in [1.165, 1.54) is 44.9 Å². The van der Waals surface area contributed by atoms with Gasteiger partial charge in [-0.15, -0.1) is 0 Å². The van der Waals surface area contributed by atoms with Crippen molar-refractivity contribution in [3.63, 3.8) is 0 Å². The minimum atomic E-state index is 0.468. The summed E-state index contributed by atoms with van der Waals surface area (Å²) in [4.78, 5) is 6.96. The molecule has 0 aromatic heterocycles. The van der Waals surface area contributed by atoms with Crippen LogP contribution in [0.4, 0.5) is 0 Å². The molecule has 2 bridgehead atoms. The van der Waals surface area contributed by atoms with Gasteiger partial charge in [0, 0.05) is 25.7 Å². The van der Waals surface area contributed by atoms with Crippen LogP contribution in [0.25, 0.3) is 0 Å². The third kappa shape index (κ3) is 3.85. The first-order valence-corrected chi connectivity index (χ1v) is 8.24. The van der Waals surface area contributed by atoms with Crippen LogP contribution in [-0.4, -0.2) is 55.3 Å². The first kappa shape index (κ1) is 14.1. The van der Waals surface area contributed by atoms with Gasteiger partial charge in [0.2, 0.25) is 0 Å². The van der Waals surface area contributed by atoms with Gasteiger partial charge in [-0.2, -0.15) is 0 Å². The minimum absolute atomic E-state index is 0.468. The first-order chi connectivity index (χ1) is 9.79. The Kier molecular flexibility index (Phi) is 4.78. The number of fused-ring (bicyclic) bond motifs is 2. The van der Waals surface area contributed by atoms with Crippen molar-refractivity contribution in [1.29, 1.82) is 0 Å². The van der Waals surface area contributed by atoms with E-state index in [2.05, 4.69) is 15.2 Å². The van der Waals surface area contributed by atoms with Gasteiger partial charge < -0.3 is 15.8 Å². The van der Waals surface area contributed by atoms with Gasteiger partial charge in [0.15, 0.2) is 5.96 Å². The van der Waals surface area contributed by atoms with E-state index in [-0.39, 0.29) is 0 Å². The number of hydrogen-bond donors (Lipinski definition) is 2. The number of nitrogens with two attached hydrogens (primary N) is 1. The third-order valence-electron chi connectivity index (χ3n) is 4.77. The molecule has 2 atom stereocenters. The molecule has 2 aliphatic heterocycles. The summed E-state index contributed by atoms with van der Waals surface area (Å²) in [7, 11) is 0. The van der Waals surface area contributed by atoms with Crippen LogP contribution in [0.2, 0.25) is 0 Å². The zero-order valence-electron chi connectivity index (χ0n) is 12.4. The molecule has 0 aromatic carbocycles. The molecule has 2 saturated heterocycles. The van der Waals surface area contributed by atoms with Crippen molar-refractivity contribution in [3.05, 3.63) is 0 Å². The van der Waals surface area contributed by atoms with Gasteiger partial charge in [0.25, 0.3) is 0 Å². The zero-order valence-corrected chi connectivity index (χ0v) is 12.4. The normalized spacial score (nSPS) is 32.5. The SMILES string of the molecule is NC(=NCCN1CC2CCC(C1)O2)NC1CCCCC1. The summed E-state index contributed by atoms with van der Waals surface area (Å²) in [5, 5.41) is 3.37. The van der Waals surface area contributed by atoms with E-state index in [0.29, 0.717) is 24.2 Å². The quantitative estimate of drug-likeness (QED) is 0.598. The van der Waals surface area contributed by atoms with E-state index in [9.17, 15) is 0 Å². The second-order valence-corrected chi connectivity index (χ2v) is 6.46. The second kappa shape index (κ2) is 6.76. The number of hydrogen-bond acceptors (Lipinski definition) is 3. The summed E-state index contributed by atoms with van der Waals surface area (Å²) in [6.45, 7) is 3.94. The lowest BCUT2D eigenvalue weighted by Crippen LogP contribution is -2.44. The van der Waals surface area contributed by atoms with Crippen molar-refractivity contribution in [2.24, 2.45) is 10.7 Å². The summed E-state index contributed by atoms with van der Waals surface area (Å²) in [6, 6.07) is 0.548. The van der Waals surface area contributed by atoms with Crippen LogP contribution in [0, 0.1) is 0 Å². The van der Waals surface area contributed by atoms with E-state index >= 15 is 0 Å². The fraction of sp³-hybridized carbons (Fsp3) is 0.933.